The van der Waals surface area contributed by atoms with Crippen LogP contribution in [0.1, 0.15) is 85.0 Å². The van der Waals surface area contributed by atoms with E-state index in [4.69, 9.17) is 4.55 Å². The average Bonchev–Trinajstić information content (AvgIpc) is 3.11. The van der Waals surface area contributed by atoms with Crippen molar-refractivity contribution in [3.63, 3.8) is 0 Å². The lowest BCUT2D eigenvalue weighted by Crippen LogP contribution is -2.62. The van der Waals surface area contributed by atoms with E-state index >= 15 is 0 Å². The van der Waals surface area contributed by atoms with Gasteiger partial charge in [-0.15, -0.1) is 0 Å². The Labute approximate surface area is 215 Å². The third kappa shape index (κ3) is 5.38. The molecule has 0 aromatic carbocycles. The van der Waals surface area contributed by atoms with E-state index < -0.39 is 33.7 Å². The smallest absolute Gasteiger partial charge is 0.274 e. The zero-order chi connectivity index (χ0) is 26.5. The molecule has 36 heavy (non-hydrogen) atoms. The van der Waals surface area contributed by atoms with Gasteiger partial charge in [0.05, 0.1) is 11.9 Å². The van der Waals surface area contributed by atoms with Gasteiger partial charge in [-0.25, -0.2) is 8.78 Å². The lowest BCUT2D eigenvalue weighted by Gasteiger charge is -2.63. The number of hydrogen-bond donors (Lipinski definition) is 4. The van der Waals surface area contributed by atoms with Gasteiger partial charge in [0.15, 0.2) is 0 Å². The van der Waals surface area contributed by atoms with Gasteiger partial charge in [0.2, 0.25) is 0 Å². The summed E-state index contributed by atoms with van der Waals surface area (Å²) in [6.07, 6.45) is 4.82. The van der Waals surface area contributed by atoms with Gasteiger partial charge in [-0.2, -0.15) is 8.42 Å². The molecule has 6 nitrogen and oxygen atoms in total. The molecule has 0 spiro atoms. The molecule has 0 aliphatic heterocycles. The lowest BCUT2D eigenvalue weighted by molar-refractivity contribution is -0.236. The van der Waals surface area contributed by atoms with Crippen LogP contribution >= 0.6 is 0 Å². The topological polar surface area (TPSA) is 107 Å². The second kappa shape index (κ2) is 10.3. The number of halogens is 2. The zero-order valence-electron chi connectivity index (χ0n) is 22.1. The van der Waals surface area contributed by atoms with Crippen LogP contribution in [0, 0.1) is 46.3 Å². The summed E-state index contributed by atoms with van der Waals surface area (Å²) in [5, 5.41) is 24.6. The highest BCUT2D eigenvalue weighted by molar-refractivity contribution is 7.85. The maximum atomic E-state index is 14.7. The third-order valence-corrected chi connectivity index (χ3v) is 12.0. The number of aliphatic hydroxyl groups excluding tert-OH is 2. The predicted molar refractivity (Wildman–Crippen MR) is 135 cm³/mol. The molecule has 4 fully saturated rings. The monoisotopic (exact) mass is 535 g/mol. The Bertz CT molecular complexity index is 887. The summed E-state index contributed by atoms with van der Waals surface area (Å²) in [5.74, 6) is -1.73. The zero-order valence-corrected chi connectivity index (χ0v) is 23.0. The Morgan fingerprint density at radius 3 is 2.36 bits per heavy atom. The molecule has 0 saturated heterocycles. The van der Waals surface area contributed by atoms with Crippen LogP contribution in [0.4, 0.5) is 8.78 Å². The van der Waals surface area contributed by atoms with E-state index in [2.05, 4.69) is 19.2 Å². The fourth-order valence-electron chi connectivity index (χ4n) is 9.46. The van der Waals surface area contributed by atoms with Gasteiger partial charge in [0.1, 0.15) is 6.10 Å². The van der Waals surface area contributed by atoms with Crippen LogP contribution in [-0.4, -0.2) is 60.2 Å². The highest BCUT2D eigenvalue weighted by atomic mass is 32.2. The number of fused-ring (bicyclic) bond motifs is 5. The first-order valence-electron chi connectivity index (χ1n) is 14.1. The molecule has 4 rings (SSSR count). The number of alkyl halides is 2. The third-order valence-electron chi connectivity index (χ3n) is 11.2. The van der Waals surface area contributed by atoms with Crippen molar-refractivity contribution >= 4 is 10.1 Å². The number of hydrogen-bond acceptors (Lipinski definition) is 5. The van der Waals surface area contributed by atoms with E-state index in [0.717, 1.165) is 45.1 Å². The van der Waals surface area contributed by atoms with Crippen LogP contribution < -0.4 is 5.32 Å². The van der Waals surface area contributed by atoms with E-state index in [1.54, 1.807) is 0 Å². The van der Waals surface area contributed by atoms with Gasteiger partial charge in [0.25, 0.3) is 16.0 Å². The average molecular weight is 536 g/mol. The van der Waals surface area contributed by atoms with Gasteiger partial charge in [-0.05, 0) is 117 Å². The largest absolute Gasteiger partial charge is 0.393 e. The first kappa shape index (κ1) is 28.7. The van der Waals surface area contributed by atoms with Crippen molar-refractivity contribution in [2.75, 3.05) is 18.8 Å². The van der Waals surface area contributed by atoms with Gasteiger partial charge in [-0.1, -0.05) is 20.8 Å². The molecule has 0 unspecified atom stereocenters. The maximum Gasteiger partial charge on any atom is 0.274 e. The Morgan fingerprint density at radius 2 is 1.67 bits per heavy atom. The van der Waals surface area contributed by atoms with Crippen molar-refractivity contribution in [3.05, 3.63) is 0 Å². The summed E-state index contributed by atoms with van der Waals surface area (Å²) in [6, 6.07) is 0. The summed E-state index contributed by atoms with van der Waals surface area (Å²) in [6.45, 7) is 8.10. The molecule has 4 saturated carbocycles. The van der Waals surface area contributed by atoms with E-state index in [1.807, 2.05) is 6.92 Å². The standard InChI is InChI=1S/C27H47F2NO5S/c1-17(6-4-11-30-12-5-13-36(33,34)35)19-7-8-20-24-21(9-10-25(19,20)2)26(3)16-27(28,29)23(32)15-18(26)14-22(24)31/h17-24,30-32H,4-16H2,1-3H3,(H,33,34,35)/t17-,18-,19-,20+,21+,22+,23-,24+,25-,26+/m1/s1. The van der Waals surface area contributed by atoms with Crippen molar-refractivity contribution in [3.8, 4) is 0 Å². The molecule has 0 radical (unpaired) electrons. The molecule has 0 heterocycles. The van der Waals surface area contributed by atoms with Gasteiger partial charge in [-0.3, -0.25) is 4.55 Å². The summed E-state index contributed by atoms with van der Waals surface area (Å²) in [5.41, 5.74) is -0.414. The molecular formula is C27H47F2NO5S. The quantitative estimate of drug-likeness (QED) is 0.256. The highest BCUT2D eigenvalue weighted by Gasteiger charge is 2.66. The van der Waals surface area contributed by atoms with Crippen molar-refractivity contribution < 1.29 is 32.0 Å². The molecule has 9 heteroatoms. The fourth-order valence-corrected chi connectivity index (χ4v) is 9.97. The molecule has 4 N–H and O–H groups in total. The molecule has 10 atom stereocenters. The normalized spacial score (nSPS) is 44.9. The van der Waals surface area contributed by atoms with Gasteiger partial charge < -0.3 is 15.5 Å². The Kier molecular flexibility index (Phi) is 8.22. The molecular weight excluding hydrogens is 488 g/mol. The first-order chi connectivity index (χ1) is 16.7. The number of aliphatic hydroxyl groups is 2. The predicted octanol–water partition coefficient (Wildman–Crippen LogP) is 4.51. The molecule has 0 amide bonds. The van der Waals surface area contributed by atoms with E-state index in [1.165, 1.54) is 0 Å². The van der Waals surface area contributed by atoms with Crippen LogP contribution in [0.2, 0.25) is 0 Å². The van der Waals surface area contributed by atoms with Crippen LogP contribution in [0.15, 0.2) is 0 Å². The Hall–Kier alpha value is -0.350. The minimum absolute atomic E-state index is 0.0474. The first-order valence-corrected chi connectivity index (χ1v) is 15.7. The van der Waals surface area contributed by atoms with Crippen LogP contribution in [-0.2, 0) is 10.1 Å². The SMILES string of the molecule is C[C@H](CCCNCCCS(=O)(=O)O)[C@H]1CC[C@H]2[C@@H]3[C@@H](O)C[C@@H]4C[C@@H](O)C(F)(F)C[C@]4(C)[C@H]3CC[C@]12C. The summed E-state index contributed by atoms with van der Waals surface area (Å²) in [7, 11) is -3.90. The lowest BCUT2D eigenvalue weighted by atomic mass is 9.43. The van der Waals surface area contributed by atoms with Gasteiger partial charge in [0, 0.05) is 6.42 Å². The fraction of sp³-hybridized carbons (Fsp3) is 1.00. The van der Waals surface area contributed by atoms with Crippen molar-refractivity contribution in [2.24, 2.45) is 46.3 Å². The minimum Gasteiger partial charge on any atom is -0.393 e. The molecule has 210 valence electrons. The number of rotatable bonds is 9. The van der Waals surface area contributed by atoms with Crippen LogP contribution in [0.25, 0.3) is 0 Å². The Balaban J connectivity index is 1.36. The van der Waals surface area contributed by atoms with E-state index in [-0.39, 0.29) is 41.8 Å². The van der Waals surface area contributed by atoms with E-state index in [0.29, 0.717) is 37.1 Å². The van der Waals surface area contributed by atoms with Gasteiger partial charge >= 0.3 is 0 Å². The minimum atomic E-state index is -3.90. The highest BCUT2D eigenvalue weighted by Crippen LogP contribution is 2.69. The summed E-state index contributed by atoms with van der Waals surface area (Å²) in [4.78, 5) is 0. The summed E-state index contributed by atoms with van der Waals surface area (Å²) >= 11 is 0. The van der Waals surface area contributed by atoms with Crippen LogP contribution in [0.3, 0.4) is 0 Å². The molecule has 4 aliphatic rings. The second-order valence-corrected chi connectivity index (χ2v) is 14.8. The molecule has 0 aromatic rings. The van der Waals surface area contributed by atoms with Crippen LogP contribution in [0.5, 0.6) is 0 Å². The second-order valence-electron chi connectivity index (χ2n) is 13.2. The van der Waals surface area contributed by atoms with Crippen molar-refractivity contribution in [1.29, 1.82) is 0 Å². The molecule has 0 bridgehead atoms. The van der Waals surface area contributed by atoms with Crippen molar-refractivity contribution in [1.82, 2.24) is 5.32 Å². The Morgan fingerprint density at radius 1 is 1.00 bits per heavy atom. The number of nitrogens with one attached hydrogen (secondary N) is 1. The van der Waals surface area contributed by atoms with Crippen molar-refractivity contribution in [2.45, 2.75) is 103 Å². The maximum absolute atomic E-state index is 14.7. The molecule has 0 aromatic heterocycles. The van der Waals surface area contributed by atoms with E-state index in [9.17, 15) is 27.4 Å². The molecule has 4 aliphatic carbocycles. The summed E-state index contributed by atoms with van der Waals surface area (Å²) < 4.78 is 59.8.